The molecule has 0 atom stereocenters. The minimum atomic E-state index is -0.860. The number of aliphatic carboxylic acids is 1. The standard InChI is InChI=1S/C25H49NO12/c1-26-6-7-30-8-9-31-10-11-32-12-13-33-14-15-34-16-17-35-18-19-36-20-21-37-22-23-38-25(29)5-3-2-4-24(27)28/h26H,2-23H2,1H3,(H,27,28). The van der Waals surface area contributed by atoms with Crippen LogP contribution in [-0.4, -0.2) is 143 Å². The van der Waals surface area contributed by atoms with Gasteiger partial charge in [0.05, 0.1) is 106 Å². The van der Waals surface area contributed by atoms with E-state index in [0.29, 0.717) is 112 Å². The predicted octanol–water partition coefficient (Wildman–Crippen LogP) is 0.527. The van der Waals surface area contributed by atoms with E-state index >= 15 is 0 Å². The van der Waals surface area contributed by atoms with Crippen LogP contribution in [0.2, 0.25) is 0 Å². The third kappa shape index (κ3) is 32.6. The first-order valence-electron chi connectivity index (χ1n) is 13.3. The molecule has 0 rings (SSSR count). The second kappa shape index (κ2) is 31.8. The Bertz CT molecular complexity index is 513. The summed E-state index contributed by atoms with van der Waals surface area (Å²) in [6, 6.07) is 0. The molecule has 0 aromatic heterocycles. The van der Waals surface area contributed by atoms with E-state index in [1.54, 1.807) is 0 Å². The SMILES string of the molecule is CNCCOCCOCCOCCOCCOCCOCCOCCOCCOC(=O)CCCCC(=O)O. The fraction of sp³-hybridized carbons (Fsp3) is 0.920. The van der Waals surface area contributed by atoms with Crippen LogP contribution in [0.1, 0.15) is 25.7 Å². The van der Waals surface area contributed by atoms with Gasteiger partial charge in [0.25, 0.3) is 0 Å². The fourth-order valence-electron chi connectivity index (χ4n) is 2.65. The molecule has 0 amide bonds. The smallest absolute Gasteiger partial charge is 0.305 e. The number of carboxylic acids is 1. The maximum atomic E-state index is 11.4. The second-order valence-corrected chi connectivity index (χ2v) is 7.82. The number of carbonyl (C=O) groups excluding carboxylic acids is 1. The van der Waals surface area contributed by atoms with Crippen LogP contribution >= 0.6 is 0 Å². The van der Waals surface area contributed by atoms with Crippen LogP contribution in [-0.2, 0) is 52.2 Å². The van der Waals surface area contributed by atoms with E-state index in [1.165, 1.54) is 0 Å². The fourth-order valence-corrected chi connectivity index (χ4v) is 2.65. The number of hydrogen-bond acceptors (Lipinski definition) is 12. The maximum Gasteiger partial charge on any atom is 0.305 e. The highest BCUT2D eigenvalue weighted by molar-refractivity contribution is 5.69. The summed E-state index contributed by atoms with van der Waals surface area (Å²) in [4.78, 5) is 21.8. The summed E-state index contributed by atoms with van der Waals surface area (Å²) >= 11 is 0. The average Bonchev–Trinajstić information content (AvgIpc) is 2.90. The molecule has 0 aromatic carbocycles. The van der Waals surface area contributed by atoms with Gasteiger partial charge in [-0.2, -0.15) is 0 Å². The summed E-state index contributed by atoms with van der Waals surface area (Å²) in [5.74, 6) is -1.20. The molecule has 0 unspecified atom stereocenters. The molecule has 0 saturated carbocycles. The van der Waals surface area contributed by atoms with E-state index in [-0.39, 0.29) is 32.0 Å². The lowest BCUT2D eigenvalue weighted by Gasteiger charge is -2.09. The molecule has 13 heteroatoms. The molecule has 2 N–H and O–H groups in total. The predicted molar refractivity (Wildman–Crippen MR) is 138 cm³/mol. The molecule has 0 aromatic rings. The van der Waals surface area contributed by atoms with Gasteiger partial charge in [-0.25, -0.2) is 0 Å². The largest absolute Gasteiger partial charge is 0.481 e. The van der Waals surface area contributed by atoms with E-state index in [4.69, 9.17) is 47.7 Å². The summed E-state index contributed by atoms with van der Waals surface area (Å²) < 4.78 is 48.1. The number of esters is 1. The molecule has 38 heavy (non-hydrogen) atoms. The van der Waals surface area contributed by atoms with Crippen molar-refractivity contribution in [3.8, 4) is 0 Å². The molecule has 0 aliphatic carbocycles. The Hall–Kier alpha value is -1.42. The van der Waals surface area contributed by atoms with Crippen LogP contribution in [0, 0.1) is 0 Å². The molecule has 0 radical (unpaired) electrons. The zero-order valence-corrected chi connectivity index (χ0v) is 23.0. The first kappa shape index (κ1) is 36.6. The number of carbonyl (C=O) groups is 2. The average molecular weight is 556 g/mol. The minimum Gasteiger partial charge on any atom is -0.481 e. The number of unbranched alkanes of at least 4 members (excludes halogenated alkanes) is 1. The molecule has 0 heterocycles. The molecule has 0 spiro atoms. The van der Waals surface area contributed by atoms with Crippen LogP contribution < -0.4 is 5.32 Å². The van der Waals surface area contributed by atoms with Crippen molar-refractivity contribution in [1.82, 2.24) is 5.32 Å². The molecule has 13 nitrogen and oxygen atoms in total. The number of ether oxygens (including phenoxy) is 9. The van der Waals surface area contributed by atoms with Gasteiger partial charge < -0.3 is 53.1 Å². The maximum absolute atomic E-state index is 11.4. The van der Waals surface area contributed by atoms with Gasteiger partial charge >= 0.3 is 11.9 Å². The topological polar surface area (TPSA) is 149 Å². The lowest BCUT2D eigenvalue weighted by atomic mass is 10.2. The lowest BCUT2D eigenvalue weighted by Crippen LogP contribution is -2.17. The molecule has 226 valence electrons. The molecular formula is C25H49NO12. The highest BCUT2D eigenvalue weighted by Crippen LogP contribution is 2.01. The van der Waals surface area contributed by atoms with Gasteiger partial charge in [-0.3, -0.25) is 9.59 Å². The van der Waals surface area contributed by atoms with Crippen molar-refractivity contribution < 1.29 is 57.3 Å². The first-order chi connectivity index (χ1) is 18.7. The number of hydrogen-bond donors (Lipinski definition) is 2. The van der Waals surface area contributed by atoms with Crippen molar-refractivity contribution in [3.05, 3.63) is 0 Å². The number of rotatable bonds is 32. The first-order valence-corrected chi connectivity index (χ1v) is 13.3. The number of likely N-dealkylation sites (N-methyl/N-ethyl adjacent to an activating group) is 1. The van der Waals surface area contributed by atoms with Gasteiger partial charge in [0, 0.05) is 19.4 Å². The van der Waals surface area contributed by atoms with Crippen molar-refractivity contribution in [3.63, 3.8) is 0 Å². The van der Waals surface area contributed by atoms with Crippen LogP contribution in [0.25, 0.3) is 0 Å². The van der Waals surface area contributed by atoms with Crippen LogP contribution in [0.4, 0.5) is 0 Å². The zero-order chi connectivity index (χ0) is 27.8. The highest BCUT2D eigenvalue weighted by atomic mass is 16.6. The molecule has 0 saturated heterocycles. The number of nitrogens with one attached hydrogen (secondary N) is 1. The van der Waals surface area contributed by atoms with Crippen molar-refractivity contribution in [2.45, 2.75) is 25.7 Å². The third-order valence-electron chi connectivity index (χ3n) is 4.61. The summed E-state index contributed by atoms with van der Waals surface area (Å²) in [6.45, 7) is 8.91. The van der Waals surface area contributed by atoms with Crippen molar-refractivity contribution in [1.29, 1.82) is 0 Å². The van der Waals surface area contributed by atoms with Gasteiger partial charge in [-0.15, -0.1) is 0 Å². The van der Waals surface area contributed by atoms with Gasteiger partial charge in [0.1, 0.15) is 6.61 Å². The second-order valence-electron chi connectivity index (χ2n) is 7.82. The molecule has 0 aliphatic heterocycles. The zero-order valence-electron chi connectivity index (χ0n) is 23.0. The van der Waals surface area contributed by atoms with E-state index < -0.39 is 5.97 Å². The van der Waals surface area contributed by atoms with Crippen molar-refractivity contribution >= 4 is 11.9 Å². The molecule has 0 aliphatic rings. The Kier molecular flexibility index (Phi) is 30.6. The summed E-state index contributed by atoms with van der Waals surface area (Å²) in [7, 11) is 1.89. The Morgan fingerprint density at radius 1 is 0.500 bits per heavy atom. The Morgan fingerprint density at radius 2 is 0.816 bits per heavy atom. The Balaban J connectivity index is 3.09. The van der Waals surface area contributed by atoms with Crippen molar-refractivity contribution in [2.75, 3.05) is 126 Å². The van der Waals surface area contributed by atoms with Crippen LogP contribution in [0.5, 0.6) is 0 Å². The quantitative estimate of drug-likeness (QED) is 0.0878. The van der Waals surface area contributed by atoms with E-state index in [2.05, 4.69) is 5.32 Å². The van der Waals surface area contributed by atoms with Gasteiger partial charge in [0.15, 0.2) is 0 Å². The number of carboxylic acid groups (broad SMARTS) is 1. The highest BCUT2D eigenvalue weighted by Gasteiger charge is 2.04. The Labute approximate surface area is 226 Å². The van der Waals surface area contributed by atoms with Crippen LogP contribution in [0.15, 0.2) is 0 Å². The van der Waals surface area contributed by atoms with E-state index in [9.17, 15) is 9.59 Å². The van der Waals surface area contributed by atoms with E-state index in [1.807, 2.05) is 7.05 Å². The normalized spacial score (nSPS) is 11.2. The molecular weight excluding hydrogens is 506 g/mol. The lowest BCUT2D eigenvalue weighted by molar-refractivity contribution is -0.146. The summed E-state index contributed by atoms with van der Waals surface area (Å²) in [5.41, 5.74) is 0. The van der Waals surface area contributed by atoms with Gasteiger partial charge in [-0.1, -0.05) is 0 Å². The van der Waals surface area contributed by atoms with Crippen molar-refractivity contribution in [2.24, 2.45) is 0 Å². The monoisotopic (exact) mass is 555 g/mol. The van der Waals surface area contributed by atoms with Gasteiger partial charge in [-0.05, 0) is 19.9 Å². The van der Waals surface area contributed by atoms with Crippen LogP contribution in [0.3, 0.4) is 0 Å². The third-order valence-corrected chi connectivity index (χ3v) is 4.61. The summed E-state index contributed by atoms with van der Waals surface area (Å²) in [6.07, 6.45) is 1.25. The Morgan fingerprint density at radius 3 is 1.16 bits per heavy atom. The van der Waals surface area contributed by atoms with Gasteiger partial charge in [0.2, 0.25) is 0 Å². The van der Waals surface area contributed by atoms with E-state index in [0.717, 1.165) is 6.54 Å². The minimum absolute atomic E-state index is 0.0643. The summed E-state index contributed by atoms with van der Waals surface area (Å²) in [5, 5.41) is 11.5. The molecule has 0 bridgehead atoms. The molecule has 0 fully saturated rings.